The van der Waals surface area contributed by atoms with E-state index in [0.29, 0.717) is 18.8 Å². The number of anilines is 1. The third-order valence-corrected chi connectivity index (χ3v) is 4.78. The van der Waals surface area contributed by atoms with Crippen molar-refractivity contribution >= 4 is 27.3 Å². The Morgan fingerprint density at radius 3 is 2.67 bits per heavy atom. The average Bonchev–Trinajstić information content (AvgIpc) is 2.45. The first-order valence-electron chi connectivity index (χ1n) is 6.89. The third-order valence-electron chi connectivity index (χ3n) is 4.17. The molecule has 1 saturated carbocycles. The van der Waals surface area contributed by atoms with Gasteiger partial charge in [-0.1, -0.05) is 6.92 Å². The van der Waals surface area contributed by atoms with Gasteiger partial charge in [-0.15, -0.1) is 0 Å². The van der Waals surface area contributed by atoms with E-state index in [1.807, 2.05) is 0 Å². The predicted octanol–water partition coefficient (Wildman–Crippen LogP) is 3.85. The Bertz CT molecular complexity index is 545. The van der Waals surface area contributed by atoms with Gasteiger partial charge in [-0.2, -0.15) is 0 Å². The quantitative estimate of drug-likeness (QED) is 0.631. The number of nitro groups is 1. The van der Waals surface area contributed by atoms with Crippen molar-refractivity contribution in [3.05, 3.63) is 32.5 Å². The molecular formula is C14H18BrFN2O3. The molecule has 1 aliphatic carbocycles. The normalized spacial score (nSPS) is 25.6. The van der Waals surface area contributed by atoms with Crippen molar-refractivity contribution in [3.63, 3.8) is 0 Å². The summed E-state index contributed by atoms with van der Waals surface area (Å²) < 4.78 is 13.7. The van der Waals surface area contributed by atoms with Crippen LogP contribution in [0.25, 0.3) is 0 Å². The Kier molecular flexibility index (Phi) is 4.83. The minimum atomic E-state index is -0.614. The van der Waals surface area contributed by atoms with Crippen LogP contribution < -0.4 is 5.32 Å². The van der Waals surface area contributed by atoms with Crippen LogP contribution in [0.5, 0.6) is 0 Å². The van der Waals surface area contributed by atoms with Gasteiger partial charge in [-0.05, 0) is 47.5 Å². The lowest BCUT2D eigenvalue weighted by Gasteiger charge is -2.39. The van der Waals surface area contributed by atoms with E-state index < -0.39 is 16.3 Å². The highest BCUT2D eigenvalue weighted by molar-refractivity contribution is 9.10. The lowest BCUT2D eigenvalue weighted by molar-refractivity contribution is -0.384. The minimum absolute atomic E-state index is 0.0510. The summed E-state index contributed by atoms with van der Waals surface area (Å²) in [7, 11) is 0. The first-order chi connectivity index (χ1) is 9.87. The number of hydrogen-bond donors (Lipinski definition) is 2. The third kappa shape index (κ3) is 3.52. The monoisotopic (exact) mass is 360 g/mol. The summed E-state index contributed by atoms with van der Waals surface area (Å²) in [6.45, 7) is 2.01. The second kappa shape index (κ2) is 6.27. The van der Waals surface area contributed by atoms with Crippen molar-refractivity contribution in [3.8, 4) is 0 Å². The Morgan fingerprint density at radius 1 is 1.52 bits per heavy atom. The topological polar surface area (TPSA) is 75.4 Å². The van der Waals surface area contributed by atoms with Crippen molar-refractivity contribution in [2.75, 3.05) is 11.9 Å². The average molecular weight is 361 g/mol. The van der Waals surface area contributed by atoms with Crippen molar-refractivity contribution in [1.82, 2.24) is 0 Å². The molecule has 0 amide bonds. The summed E-state index contributed by atoms with van der Waals surface area (Å²) in [6.07, 6.45) is 3.28. The number of nitrogens with one attached hydrogen (secondary N) is 1. The number of rotatable bonds is 4. The van der Waals surface area contributed by atoms with E-state index >= 15 is 0 Å². The van der Waals surface area contributed by atoms with Crippen molar-refractivity contribution in [1.29, 1.82) is 0 Å². The summed E-state index contributed by atoms with van der Waals surface area (Å²) in [5.41, 5.74) is -0.698. The van der Waals surface area contributed by atoms with Gasteiger partial charge >= 0.3 is 0 Å². The van der Waals surface area contributed by atoms with Gasteiger partial charge in [-0.3, -0.25) is 10.1 Å². The molecule has 0 unspecified atom stereocenters. The highest BCUT2D eigenvalue weighted by Gasteiger charge is 2.35. The first kappa shape index (κ1) is 16.2. The molecule has 2 N–H and O–H groups in total. The molecule has 0 saturated heterocycles. The molecule has 0 spiro atoms. The lowest BCUT2D eigenvalue weighted by atomic mass is 9.77. The van der Waals surface area contributed by atoms with Crippen molar-refractivity contribution in [2.24, 2.45) is 5.92 Å². The standard InChI is InChI=1S/C14H18BrFN2O3/c1-9-2-4-14(8-19,5-3-9)17-12-7-11(16)10(15)6-13(12)18(20)21/h6-7,9,17,19H,2-5,8H2,1H3. The van der Waals surface area contributed by atoms with E-state index in [2.05, 4.69) is 28.2 Å². The van der Waals surface area contributed by atoms with E-state index in [-0.39, 0.29) is 22.5 Å². The molecule has 5 nitrogen and oxygen atoms in total. The molecule has 21 heavy (non-hydrogen) atoms. The van der Waals surface area contributed by atoms with Gasteiger partial charge in [0.25, 0.3) is 5.69 Å². The molecular weight excluding hydrogens is 343 g/mol. The first-order valence-corrected chi connectivity index (χ1v) is 7.69. The molecule has 0 heterocycles. The second-order valence-electron chi connectivity index (χ2n) is 5.79. The minimum Gasteiger partial charge on any atom is -0.394 e. The van der Waals surface area contributed by atoms with Crippen molar-refractivity contribution in [2.45, 2.75) is 38.1 Å². The fraction of sp³-hybridized carbons (Fsp3) is 0.571. The Balaban J connectivity index is 2.33. The van der Waals surface area contributed by atoms with Gasteiger partial charge in [0.2, 0.25) is 0 Å². The number of aliphatic hydroxyl groups excluding tert-OH is 1. The molecule has 2 rings (SSSR count). The molecule has 0 aromatic heterocycles. The molecule has 1 aromatic rings. The molecule has 116 valence electrons. The summed E-state index contributed by atoms with van der Waals surface area (Å²) in [4.78, 5) is 10.6. The highest BCUT2D eigenvalue weighted by atomic mass is 79.9. The van der Waals surface area contributed by atoms with Crippen LogP contribution in [-0.4, -0.2) is 22.2 Å². The van der Waals surface area contributed by atoms with E-state index in [0.717, 1.165) is 25.0 Å². The zero-order chi connectivity index (χ0) is 15.6. The van der Waals surface area contributed by atoms with Gasteiger partial charge in [0, 0.05) is 12.1 Å². The van der Waals surface area contributed by atoms with Gasteiger partial charge in [0.15, 0.2) is 0 Å². The Hall–Kier alpha value is -1.21. The molecule has 1 fully saturated rings. The van der Waals surface area contributed by atoms with E-state index in [9.17, 15) is 19.6 Å². The number of halogens is 2. The maximum atomic E-state index is 13.7. The maximum Gasteiger partial charge on any atom is 0.293 e. The molecule has 0 aliphatic heterocycles. The number of nitro benzene ring substituents is 1. The fourth-order valence-corrected chi connectivity index (χ4v) is 3.04. The van der Waals surface area contributed by atoms with Crippen LogP contribution >= 0.6 is 15.9 Å². The Labute approximate surface area is 130 Å². The van der Waals surface area contributed by atoms with Gasteiger partial charge in [0.1, 0.15) is 11.5 Å². The predicted molar refractivity (Wildman–Crippen MR) is 81.8 cm³/mol. The molecule has 1 aromatic carbocycles. The fourth-order valence-electron chi connectivity index (χ4n) is 2.71. The molecule has 1 aliphatic rings. The lowest BCUT2D eigenvalue weighted by Crippen LogP contribution is -2.45. The van der Waals surface area contributed by atoms with Crippen molar-refractivity contribution < 1.29 is 14.4 Å². The Morgan fingerprint density at radius 2 is 2.14 bits per heavy atom. The summed E-state index contributed by atoms with van der Waals surface area (Å²) >= 11 is 2.96. The van der Waals surface area contributed by atoms with Crippen LogP contribution in [0.3, 0.4) is 0 Å². The zero-order valence-electron chi connectivity index (χ0n) is 11.7. The van der Waals surface area contributed by atoms with Gasteiger partial charge in [0.05, 0.1) is 21.5 Å². The molecule has 7 heteroatoms. The SMILES string of the molecule is CC1CCC(CO)(Nc2cc(F)c(Br)cc2[N+](=O)[O-])CC1. The van der Waals surface area contributed by atoms with E-state index in [1.165, 1.54) is 0 Å². The number of nitrogens with zero attached hydrogens (tertiary/aromatic N) is 1. The zero-order valence-corrected chi connectivity index (χ0v) is 13.3. The summed E-state index contributed by atoms with van der Waals surface area (Å²) in [5.74, 6) is 0.00322. The van der Waals surface area contributed by atoms with Crippen LogP contribution in [-0.2, 0) is 0 Å². The molecule has 0 bridgehead atoms. The molecule has 0 atom stereocenters. The maximum absolute atomic E-state index is 13.7. The van der Waals surface area contributed by atoms with Gasteiger partial charge < -0.3 is 10.4 Å². The largest absolute Gasteiger partial charge is 0.394 e. The van der Waals surface area contributed by atoms with Crippen LogP contribution in [0.2, 0.25) is 0 Å². The van der Waals surface area contributed by atoms with Crippen LogP contribution in [0, 0.1) is 21.8 Å². The summed E-state index contributed by atoms with van der Waals surface area (Å²) in [6, 6.07) is 2.26. The molecule has 0 radical (unpaired) electrons. The van der Waals surface area contributed by atoms with Crippen LogP contribution in [0.4, 0.5) is 15.8 Å². The number of benzene rings is 1. The van der Waals surface area contributed by atoms with E-state index in [1.54, 1.807) is 0 Å². The summed E-state index contributed by atoms with van der Waals surface area (Å²) in [5, 5.41) is 23.9. The van der Waals surface area contributed by atoms with Crippen LogP contribution in [0.15, 0.2) is 16.6 Å². The number of aliphatic hydroxyl groups is 1. The second-order valence-corrected chi connectivity index (χ2v) is 6.64. The highest BCUT2D eigenvalue weighted by Crippen LogP contribution is 2.38. The van der Waals surface area contributed by atoms with Crippen LogP contribution in [0.1, 0.15) is 32.6 Å². The van der Waals surface area contributed by atoms with Gasteiger partial charge in [-0.25, -0.2) is 4.39 Å². The number of hydrogen-bond acceptors (Lipinski definition) is 4. The smallest absolute Gasteiger partial charge is 0.293 e. The van der Waals surface area contributed by atoms with E-state index in [4.69, 9.17) is 0 Å².